The van der Waals surface area contributed by atoms with E-state index in [4.69, 9.17) is 43.0 Å². The van der Waals surface area contributed by atoms with Crippen LogP contribution in [0.1, 0.15) is 36.0 Å². The molecular weight excluding hydrogens is 618 g/mol. The van der Waals surface area contributed by atoms with Gasteiger partial charge in [-0.2, -0.15) is 0 Å². The Morgan fingerprint density at radius 1 is 0.812 bits per heavy atom. The fourth-order valence-electron chi connectivity index (χ4n) is 6.47. The third-order valence-corrected chi connectivity index (χ3v) is 8.79. The molecule has 0 bridgehead atoms. The summed E-state index contributed by atoms with van der Waals surface area (Å²) < 4.78 is 46.7. The number of rotatable bonds is 12. The number of allylic oxidation sites excluding steroid dienone is 1. The first-order valence-corrected chi connectivity index (χ1v) is 17.3. The SMILES string of the molecule is CCO[C@H]1OC(C(=O)N2CCOCCOCCOCCOCC2)=C[C@@H](c2cccc3c2Cc2ccccc2-3)[C@H]1CCOCCOCCO. The summed E-state index contributed by atoms with van der Waals surface area (Å²) in [5.74, 6) is -0.214. The normalized spacial score (nSPS) is 22.5. The molecule has 1 saturated heterocycles. The highest BCUT2D eigenvalue weighted by Crippen LogP contribution is 2.45. The summed E-state index contributed by atoms with van der Waals surface area (Å²) >= 11 is 0. The second kappa shape index (κ2) is 20.0. The molecule has 2 heterocycles. The molecule has 1 N–H and O–H groups in total. The molecule has 0 radical (unpaired) electrons. The number of nitrogens with zero attached hydrogens (tertiary/aromatic N) is 1. The summed E-state index contributed by atoms with van der Waals surface area (Å²) in [5.41, 5.74) is 6.22. The van der Waals surface area contributed by atoms with Crippen molar-refractivity contribution in [2.45, 2.75) is 32.0 Å². The third kappa shape index (κ3) is 10.1. The van der Waals surface area contributed by atoms with Crippen LogP contribution in [0.4, 0.5) is 0 Å². The van der Waals surface area contributed by atoms with Gasteiger partial charge < -0.3 is 47.9 Å². The van der Waals surface area contributed by atoms with Gasteiger partial charge in [-0.15, -0.1) is 0 Å². The van der Waals surface area contributed by atoms with Crippen LogP contribution in [0.5, 0.6) is 0 Å². The number of amides is 1. The van der Waals surface area contributed by atoms with E-state index in [-0.39, 0.29) is 36.7 Å². The monoisotopic (exact) mass is 669 g/mol. The van der Waals surface area contributed by atoms with Crippen molar-refractivity contribution >= 4 is 5.91 Å². The highest BCUT2D eigenvalue weighted by molar-refractivity contribution is 5.92. The summed E-state index contributed by atoms with van der Waals surface area (Å²) in [4.78, 5) is 16.0. The van der Waals surface area contributed by atoms with E-state index in [2.05, 4.69) is 42.5 Å². The van der Waals surface area contributed by atoms with Crippen molar-refractivity contribution in [3.05, 3.63) is 71.0 Å². The number of aliphatic hydroxyl groups excluding tert-OH is 1. The van der Waals surface area contributed by atoms with Gasteiger partial charge in [0.2, 0.25) is 6.29 Å². The molecule has 2 aliphatic heterocycles. The topological polar surface area (TPSA) is 114 Å². The lowest BCUT2D eigenvalue weighted by atomic mass is 9.78. The third-order valence-electron chi connectivity index (χ3n) is 8.79. The predicted octanol–water partition coefficient (Wildman–Crippen LogP) is 3.56. The smallest absolute Gasteiger partial charge is 0.288 e. The zero-order chi connectivity index (χ0) is 33.4. The Labute approximate surface area is 284 Å². The Morgan fingerprint density at radius 3 is 2.15 bits per heavy atom. The highest BCUT2D eigenvalue weighted by atomic mass is 16.7. The lowest BCUT2D eigenvalue weighted by Gasteiger charge is -2.38. The van der Waals surface area contributed by atoms with E-state index < -0.39 is 6.29 Å². The second-order valence-corrected chi connectivity index (χ2v) is 11.8. The minimum absolute atomic E-state index is 0.0167. The minimum atomic E-state index is -0.650. The Bertz CT molecular complexity index is 1290. The molecule has 0 aromatic heterocycles. The maximum Gasteiger partial charge on any atom is 0.288 e. The van der Waals surface area contributed by atoms with Crippen LogP contribution >= 0.6 is 0 Å². The van der Waals surface area contributed by atoms with Gasteiger partial charge in [-0.3, -0.25) is 4.79 Å². The molecule has 1 amide bonds. The Hall–Kier alpha value is -2.87. The van der Waals surface area contributed by atoms with Crippen molar-refractivity contribution in [2.24, 2.45) is 5.92 Å². The van der Waals surface area contributed by atoms with Gasteiger partial charge in [-0.25, -0.2) is 0 Å². The second-order valence-electron chi connectivity index (χ2n) is 11.8. The number of benzene rings is 2. The Kier molecular flexibility index (Phi) is 15.1. The van der Waals surface area contributed by atoms with Crippen LogP contribution < -0.4 is 0 Å². The molecular formula is C37H51NO10. The maximum atomic E-state index is 14.2. The van der Waals surface area contributed by atoms with Crippen LogP contribution in [0.25, 0.3) is 11.1 Å². The van der Waals surface area contributed by atoms with E-state index in [0.29, 0.717) is 98.8 Å². The summed E-state index contributed by atoms with van der Waals surface area (Å²) in [7, 11) is 0. The summed E-state index contributed by atoms with van der Waals surface area (Å²) in [6.45, 7) is 8.24. The van der Waals surface area contributed by atoms with Gasteiger partial charge in [-0.1, -0.05) is 42.5 Å². The van der Waals surface area contributed by atoms with E-state index >= 15 is 0 Å². The molecule has 3 atom stereocenters. The standard InChI is InChI=1S/C37H51NO10/c1-2-47-37-32(10-14-41-18-21-44-17-13-39)34(31-9-5-8-30-29-7-4-3-6-28(29)26-33(30)31)27-35(48-37)36(40)38-11-15-42-19-22-45-24-25-46-23-20-43-16-12-38/h3-9,27,32,34,37,39H,2,10-26H2,1H3/t32-,34+,37+/m1/s1. The predicted molar refractivity (Wildman–Crippen MR) is 179 cm³/mol. The number of hydrogen-bond donors (Lipinski definition) is 1. The molecule has 2 aromatic carbocycles. The lowest BCUT2D eigenvalue weighted by Crippen LogP contribution is -2.43. The molecule has 0 spiro atoms. The largest absolute Gasteiger partial charge is 0.459 e. The van der Waals surface area contributed by atoms with E-state index in [1.807, 2.05) is 13.0 Å². The number of aliphatic hydroxyl groups is 1. The average Bonchev–Trinajstić information content (AvgIpc) is 3.49. The molecule has 5 rings (SSSR count). The number of carbonyl (C=O) groups excluding carboxylic acids is 1. The van der Waals surface area contributed by atoms with Crippen LogP contribution in [0, 0.1) is 5.92 Å². The number of ether oxygens (including phenoxy) is 8. The van der Waals surface area contributed by atoms with Gasteiger partial charge in [0.1, 0.15) is 0 Å². The van der Waals surface area contributed by atoms with E-state index in [9.17, 15) is 4.79 Å². The maximum absolute atomic E-state index is 14.2. The van der Waals surface area contributed by atoms with Gasteiger partial charge in [0, 0.05) is 38.1 Å². The van der Waals surface area contributed by atoms with Gasteiger partial charge in [0.25, 0.3) is 5.91 Å². The first-order chi connectivity index (χ1) is 23.7. The summed E-state index contributed by atoms with van der Waals surface area (Å²) in [5, 5.41) is 8.98. The molecule has 264 valence electrons. The van der Waals surface area contributed by atoms with Gasteiger partial charge >= 0.3 is 0 Å². The molecule has 3 aliphatic rings. The molecule has 1 fully saturated rings. The molecule has 0 unspecified atom stereocenters. The molecule has 11 heteroatoms. The molecule has 48 heavy (non-hydrogen) atoms. The van der Waals surface area contributed by atoms with Crippen molar-refractivity contribution in [2.75, 3.05) is 106 Å². The summed E-state index contributed by atoms with van der Waals surface area (Å²) in [6.07, 6.45) is 2.82. The van der Waals surface area contributed by atoms with Crippen LogP contribution in [0.2, 0.25) is 0 Å². The fraction of sp³-hybridized carbons (Fsp3) is 0.595. The minimum Gasteiger partial charge on any atom is -0.459 e. The number of carbonyl (C=O) groups is 1. The average molecular weight is 670 g/mol. The van der Waals surface area contributed by atoms with Crippen molar-refractivity contribution in [3.63, 3.8) is 0 Å². The Morgan fingerprint density at radius 2 is 1.46 bits per heavy atom. The quantitative estimate of drug-likeness (QED) is 0.287. The van der Waals surface area contributed by atoms with Gasteiger partial charge in [-0.05, 0) is 53.7 Å². The van der Waals surface area contributed by atoms with Crippen molar-refractivity contribution in [3.8, 4) is 11.1 Å². The van der Waals surface area contributed by atoms with Crippen molar-refractivity contribution in [1.29, 1.82) is 0 Å². The van der Waals surface area contributed by atoms with E-state index in [1.165, 1.54) is 27.8 Å². The Balaban J connectivity index is 1.40. The summed E-state index contributed by atoms with van der Waals surface area (Å²) in [6, 6.07) is 15.0. The zero-order valence-corrected chi connectivity index (χ0v) is 28.1. The van der Waals surface area contributed by atoms with Crippen LogP contribution in [0.3, 0.4) is 0 Å². The van der Waals surface area contributed by atoms with Gasteiger partial charge in [0.15, 0.2) is 5.76 Å². The van der Waals surface area contributed by atoms with Crippen molar-refractivity contribution < 1.29 is 47.8 Å². The van der Waals surface area contributed by atoms with E-state index in [1.54, 1.807) is 4.90 Å². The number of fused-ring (bicyclic) bond motifs is 3. The van der Waals surface area contributed by atoms with Crippen LogP contribution in [-0.2, 0) is 49.1 Å². The first-order valence-electron chi connectivity index (χ1n) is 17.3. The van der Waals surface area contributed by atoms with Crippen molar-refractivity contribution in [1.82, 2.24) is 4.90 Å². The zero-order valence-electron chi connectivity index (χ0n) is 28.1. The molecule has 2 aromatic rings. The number of hydrogen-bond acceptors (Lipinski definition) is 10. The van der Waals surface area contributed by atoms with E-state index in [0.717, 1.165) is 6.42 Å². The lowest BCUT2D eigenvalue weighted by molar-refractivity contribution is -0.172. The van der Waals surface area contributed by atoms with Gasteiger partial charge in [0.05, 0.1) is 79.3 Å². The molecule has 0 saturated carbocycles. The van der Waals surface area contributed by atoms with Crippen LogP contribution in [0.15, 0.2) is 54.3 Å². The molecule has 11 nitrogen and oxygen atoms in total. The molecule has 1 aliphatic carbocycles. The highest BCUT2D eigenvalue weighted by Gasteiger charge is 2.40. The fourth-order valence-corrected chi connectivity index (χ4v) is 6.47. The van der Waals surface area contributed by atoms with Crippen LogP contribution in [-0.4, -0.2) is 128 Å². The first kappa shape index (κ1) is 36.4.